The van der Waals surface area contributed by atoms with Crippen molar-refractivity contribution in [2.45, 2.75) is 309 Å². The zero-order valence-corrected chi connectivity index (χ0v) is 41.6. The third-order valence-electron chi connectivity index (χ3n) is 12.7. The lowest BCUT2D eigenvalue weighted by Gasteiger charge is -2.22. The molecule has 0 saturated heterocycles. The number of rotatable bonds is 51. The van der Waals surface area contributed by atoms with Gasteiger partial charge in [-0.05, 0) is 83.5 Å². The molecule has 6 heteroatoms. The molecule has 0 aromatic rings. The second kappa shape index (κ2) is 52.0. The Balaban J connectivity index is 3.51. The van der Waals surface area contributed by atoms with Crippen molar-refractivity contribution in [3.63, 3.8) is 0 Å². The molecule has 0 radical (unpaired) electrons. The summed E-state index contributed by atoms with van der Waals surface area (Å²) in [5, 5.41) is 23.3. The van der Waals surface area contributed by atoms with E-state index in [1.165, 1.54) is 186 Å². The largest absolute Gasteiger partial charge is 0.466 e. The van der Waals surface area contributed by atoms with Gasteiger partial charge in [-0.3, -0.25) is 9.59 Å². The molecule has 6 nitrogen and oxygen atoms in total. The Kier molecular flexibility index (Phi) is 50.6. The zero-order valence-electron chi connectivity index (χ0n) is 41.6. The molecule has 0 aromatic carbocycles. The predicted octanol–water partition coefficient (Wildman–Crippen LogP) is 16.7. The fourth-order valence-electron chi connectivity index (χ4n) is 8.45. The third kappa shape index (κ3) is 47.8. The molecule has 366 valence electrons. The Labute approximate surface area is 386 Å². The van der Waals surface area contributed by atoms with Crippen LogP contribution in [0.5, 0.6) is 0 Å². The van der Waals surface area contributed by atoms with Crippen molar-refractivity contribution in [1.82, 2.24) is 5.32 Å². The molecule has 0 heterocycles. The fourth-order valence-corrected chi connectivity index (χ4v) is 8.45. The van der Waals surface area contributed by atoms with Gasteiger partial charge in [0.1, 0.15) is 0 Å². The van der Waals surface area contributed by atoms with Crippen LogP contribution in [0.15, 0.2) is 24.3 Å². The third-order valence-corrected chi connectivity index (χ3v) is 12.7. The van der Waals surface area contributed by atoms with E-state index in [1.54, 1.807) is 0 Å². The molecule has 0 fully saturated rings. The summed E-state index contributed by atoms with van der Waals surface area (Å²) in [6.07, 6.45) is 61.5. The highest BCUT2D eigenvalue weighted by atomic mass is 16.5. The molecule has 0 bridgehead atoms. The van der Waals surface area contributed by atoms with E-state index in [0.29, 0.717) is 25.9 Å². The van der Waals surface area contributed by atoms with Gasteiger partial charge in [0.2, 0.25) is 5.91 Å². The first-order chi connectivity index (χ1) is 30.5. The lowest BCUT2D eigenvalue weighted by Crippen LogP contribution is -2.45. The van der Waals surface area contributed by atoms with Crippen molar-refractivity contribution in [3.8, 4) is 0 Å². The number of aliphatic hydroxyl groups excluding tert-OH is 2. The maximum atomic E-state index is 12.5. The SMILES string of the molecule is CCCCCCCC/C=C\CCCCCCCC(=O)OCCCCC/C=C\CCCCCCCC(=O)NC(CO)C(O)CCCCCCCCCCCCCCCCCCCC. The van der Waals surface area contributed by atoms with Crippen LogP contribution in [0.4, 0.5) is 0 Å². The molecule has 0 spiro atoms. The quantitative estimate of drug-likeness (QED) is 0.0321. The highest BCUT2D eigenvalue weighted by Crippen LogP contribution is 2.17. The molecule has 0 saturated carbocycles. The normalized spacial score (nSPS) is 12.8. The van der Waals surface area contributed by atoms with Crippen LogP contribution in [0, 0.1) is 0 Å². The van der Waals surface area contributed by atoms with Gasteiger partial charge in [-0.15, -0.1) is 0 Å². The van der Waals surface area contributed by atoms with Crippen LogP contribution >= 0.6 is 0 Å². The van der Waals surface area contributed by atoms with E-state index in [4.69, 9.17) is 4.74 Å². The Bertz CT molecular complexity index is 966. The molecular weight excluding hydrogens is 767 g/mol. The van der Waals surface area contributed by atoms with Crippen LogP contribution in [0.1, 0.15) is 296 Å². The van der Waals surface area contributed by atoms with Crippen molar-refractivity contribution in [1.29, 1.82) is 0 Å². The number of carbonyl (C=O) groups excluding carboxylic acids is 2. The molecule has 0 aliphatic carbocycles. The molecule has 3 N–H and O–H groups in total. The predicted molar refractivity (Wildman–Crippen MR) is 269 cm³/mol. The van der Waals surface area contributed by atoms with Crippen molar-refractivity contribution < 1.29 is 24.5 Å². The van der Waals surface area contributed by atoms with Crippen molar-refractivity contribution >= 4 is 11.9 Å². The van der Waals surface area contributed by atoms with Crippen LogP contribution in [0.3, 0.4) is 0 Å². The van der Waals surface area contributed by atoms with E-state index in [0.717, 1.165) is 77.0 Å². The van der Waals surface area contributed by atoms with Crippen LogP contribution in [-0.2, 0) is 14.3 Å². The maximum Gasteiger partial charge on any atom is 0.305 e. The van der Waals surface area contributed by atoms with Crippen LogP contribution in [-0.4, -0.2) is 47.4 Å². The molecule has 2 atom stereocenters. The summed E-state index contributed by atoms with van der Waals surface area (Å²) in [6, 6.07) is -0.561. The molecule has 1 amide bonds. The molecular formula is C56H107NO5. The van der Waals surface area contributed by atoms with E-state index in [1.807, 2.05) is 0 Å². The van der Waals surface area contributed by atoms with E-state index in [9.17, 15) is 19.8 Å². The second-order valence-corrected chi connectivity index (χ2v) is 18.9. The number of allylic oxidation sites excluding steroid dienone is 4. The number of ether oxygens (including phenoxy) is 1. The van der Waals surface area contributed by atoms with Gasteiger partial charge >= 0.3 is 5.97 Å². The topological polar surface area (TPSA) is 95.9 Å². The van der Waals surface area contributed by atoms with Crippen molar-refractivity contribution in [2.75, 3.05) is 13.2 Å². The molecule has 2 unspecified atom stereocenters. The number of nitrogens with one attached hydrogen (secondary N) is 1. The second-order valence-electron chi connectivity index (χ2n) is 18.9. The Morgan fingerprint density at radius 1 is 0.435 bits per heavy atom. The minimum Gasteiger partial charge on any atom is -0.466 e. The van der Waals surface area contributed by atoms with E-state index in [2.05, 4.69) is 43.5 Å². The summed E-state index contributed by atoms with van der Waals surface area (Å²) in [4.78, 5) is 24.5. The van der Waals surface area contributed by atoms with Crippen LogP contribution < -0.4 is 5.32 Å². The van der Waals surface area contributed by atoms with Gasteiger partial charge in [-0.1, -0.05) is 224 Å². The molecule has 0 aromatic heterocycles. The van der Waals surface area contributed by atoms with Crippen molar-refractivity contribution in [2.24, 2.45) is 0 Å². The van der Waals surface area contributed by atoms with Gasteiger partial charge < -0.3 is 20.3 Å². The molecule has 0 aliphatic rings. The van der Waals surface area contributed by atoms with Crippen LogP contribution in [0.25, 0.3) is 0 Å². The monoisotopic (exact) mass is 874 g/mol. The van der Waals surface area contributed by atoms with E-state index < -0.39 is 12.1 Å². The lowest BCUT2D eigenvalue weighted by molar-refractivity contribution is -0.143. The van der Waals surface area contributed by atoms with Crippen LogP contribution in [0.2, 0.25) is 0 Å². The van der Waals surface area contributed by atoms with E-state index in [-0.39, 0.29) is 18.5 Å². The summed E-state index contributed by atoms with van der Waals surface area (Å²) in [6.45, 7) is 4.89. The van der Waals surface area contributed by atoms with Gasteiger partial charge in [0.05, 0.1) is 25.4 Å². The minimum absolute atomic E-state index is 0.0303. The van der Waals surface area contributed by atoms with Gasteiger partial charge in [0, 0.05) is 12.8 Å². The Hall–Kier alpha value is -1.66. The summed E-state index contributed by atoms with van der Waals surface area (Å²) >= 11 is 0. The average molecular weight is 874 g/mol. The molecule has 0 rings (SSSR count). The molecule has 62 heavy (non-hydrogen) atoms. The van der Waals surface area contributed by atoms with E-state index >= 15 is 0 Å². The molecule has 0 aliphatic heterocycles. The first-order valence-corrected chi connectivity index (χ1v) is 27.6. The summed E-state index contributed by atoms with van der Waals surface area (Å²) < 4.78 is 5.44. The lowest BCUT2D eigenvalue weighted by atomic mass is 10.0. The number of hydrogen-bond acceptors (Lipinski definition) is 5. The van der Waals surface area contributed by atoms with Gasteiger partial charge in [0.25, 0.3) is 0 Å². The Morgan fingerprint density at radius 2 is 0.758 bits per heavy atom. The summed E-state index contributed by atoms with van der Waals surface area (Å²) in [5.74, 6) is -0.0898. The number of hydrogen-bond donors (Lipinski definition) is 3. The number of aliphatic hydroxyl groups is 2. The first-order valence-electron chi connectivity index (χ1n) is 27.6. The van der Waals surface area contributed by atoms with Gasteiger partial charge in [-0.2, -0.15) is 0 Å². The number of esters is 1. The first kappa shape index (κ1) is 60.3. The smallest absolute Gasteiger partial charge is 0.305 e. The van der Waals surface area contributed by atoms with Crippen molar-refractivity contribution in [3.05, 3.63) is 24.3 Å². The summed E-state index contributed by atoms with van der Waals surface area (Å²) in [5.41, 5.74) is 0. The average Bonchev–Trinajstić information content (AvgIpc) is 3.27. The number of carbonyl (C=O) groups is 2. The van der Waals surface area contributed by atoms with Gasteiger partial charge in [-0.25, -0.2) is 0 Å². The minimum atomic E-state index is -0.681. The fraction of sp³-hybridized carbons (Fsp3) is 0.893. The summed E-state index contributed by atoms with van der Waals surface area (Å²) in [7, 11) is 0. The zero-order chi connectivity index (χ0) is 45.1. The highest BCUT2D eigenvalue weighted by molar-refractivity contribution is 5.76. The maximum absolute atomic E-state index is 12.5. The standard InChI is InChI=1S/C56H107NO5/c1-3-5-7-9-11-13-15-17-19-20-21-23-24-28-32-36-40-44-48-54(59)53(52-58)57-55(60)49-45-41-37-33-29-26-27-31-35-39-43-47-51-62-56(61)50-46-42-38-34-30-25-22-18-16-14-12-10-8-6-4-2/h18,22,27,31,53-54,58-59H,3-17,19-21,23-26,28-30,32-52H2,1-2H3,(H,57,60)/b22-18-,31-27-. The highest BCUT2D eigenvalue weighted by Gasteiger charge is 2.20. The van der Waals surface area contributed by atoms with Gasteiger partial charge in [0.15, 0.2) is 0 Å². The Morgan fingerprint density at radius 3 is 1.15 bits per heavy atom. The number of amides is 1. The number of unbranched alkanes of at least 4 members (excludes halogenated alkanes) is 36.